The molecule has 444 valence electrons. The molecule has 0 bridgehead atoms. The van der Waals surface area contributed by atoms with Crippen molar-refractivity contribution in [2.45, 2.75) is 335 Å². The van der Waals surface area contributed by atoms with Crippen LogP contribution in [0, 0.1) is 0 Å². The van der Waals surface area contributed by atoms with E-state index in [1.807, 2.05) is 0 Å². The van der Waals surface area contributed by atoms with E-state index in [0.29, 0.717) is 19.3 Å². The molecule has 0 amide bonds. The van der Waals surface area contributed by atoms with Gasteiger partial charge in [0.2, 0.25) is 0 Å². The molecule has 0 heterocycles. The number of hydrogen-bond acceptors (Lipinski definition) is 6. The lowest BCUT2D eigenvalue weighted by Gasteiger charge is -2.18. The molecular weight excluding hydrogens is 949 g/mol. The third kappa shape index (κ3) is 63.3. The molecule has 0 aliphatic rings. The third-order valence-electron chi connectivity index (χ3n) is 14.4. The second kappa shape index (κ2) is 65.1. The minimum absolute atomic E-state index is 0.0781. The standard InChI is InChI=1S/C71H124O6/c1-4-7-10-13-16-19-21-23-25-27-29-31-32-33-34-35-36-37-38-40-41-43-45-47-49-52-55-58-61-64-70(73)76-67-68(66-75-69(72)63-60-57-54-51-18-15-12-9-6-3)77-71(74)65-62-59-56-53-50-48-46-44-42-39-30-28-26-24-22-20-17-14-11-8-5-2/h7,10,16,19,22-25,28-31,42,44,68H,4-6,8-9,11-15,17-18,20-21,26-27,32-41,43,45-67H2,1-3H3/b10-7-,19-16-,24-22-,25-23-,30-28-,31-29-,44-42-. The smallest absolute Gasteiger partial charge is 0.306 e. The lowest BCUT2D eigenvalue weighted by Crippen LogP contribution is -2.30. The molecule has 0 aliphatic heterocycles. The Morgan fingerprint density at radius 1 is 0.273 bits per heavy atom. The van der Waals surface area contributed by atoms with Crippen molar-refractivity contribution >= 4 is 17.9 Å². The summed E-state index contributed by atoms with van der Waals surface area (Å²) in [4.78, 5) is 38.2. The van der Waals surface area contributed by atoms with Crippen molar-refractivity contribution in [1.82, 2.24) is 0 Å². The van der Waals surface area contributed by atoms with Crippen LogP contribution in [0.3, 0.4) is 0 Å². The van der Waals surface area contributed by atoms with E-state index >= 15 is 0 Å². The highest BCUT2D eigenvalue weighted by molar-refractivity contribution is 5.71. The molecule has 0 aromatic heterocycles. The lowest BCUT2D eigenvalue weighted by molar-refractivity contribution is -0.167. The maximum Gasteiger partial charge on any atom is 0.306 e. The fourth-order valence-corrected chi connectivity index (χ4v) is 9.44. The Bertz CT molecular complexity index is 1470. The van der Waals surface area contributed by atoms with Crippen LogP contribution >= 0.6 is 0 Å². The summed E-state index contributed by atoms with van der Waals surface area (Å²) >= 11 is 0. The van der Waals surface area contributed by atoms with Gasteiger partial charge in [-0.1, -0.05) is 298 Å². The molecule has 0 aromatic carbocycles. The van der Waals surface area contributed by atoms with E-state index < -0.39 is 6.10 Å². The molecule has 0 N–H and O–H groups in total. The van der Waals surface area contributed by atoms with E-state index in [1.165, 1.54) is 180 Å². The van der Waals surface area contributed by atoms with Gasteiger partial charge in [-0.25, -0.2) is 0 Å². The van der Waals surface area contributed by atoms with Crippen LogP contribution in [0.2, 0.25) is 0 Å². The van der Waals surface area contributed by atoms with Crippen LogP contribution in [0.5, 0.6) is 0 Å². The number of ether oxygens (including phenoxy) is 3. The minimum atomic E-state index is -0.781. The quantitative estimate of drug-likeness (QED) is 0.0261. The molecular formula is C71H124O6. The minimum Gasteiger partial charge on any atom is -0.462 e. The van der Waals surface area contributed by atoms with Crippen LogP contribution in [0.1, 0.15) is 329 Å². The lowest BCUT2D eigenvalue weighted by atomic mass is 10.0. The average Bonchev–Trinajstić information content (AvgIpc) is 3.43. The number of hydrogen-bond donors (Lipinski definition) is 0. The van der Waals surface area contributed by atoms with Gasteiger partial charge in [0, 0.05) is 19.3 Å². The zero-order chi connectivity index (χ0) is 55.7. The summed E-state index contributed by atoms with van der Waals surface area (Å²) in [6, 6.07) is 0. The number of carbonyl (C=O) groups is 3. The number of carbonyl (C=O) groups excluding carboxylic acids is 3. The predicted molar refractivity (Wildman–Crippen MR) is 334 cm³/mol. The zero-order valence-electron chi connectivity index (χ0n) is 51.0. The number of allylic oxidation sites excluding steroid dienone is 14. The predicted octanol–water partition coefficient (Wildman–Crippen LogP) is 22.7. The van der Waals surface area contributed by atoms with Gasteiger partial charge in [0.25, 0.3) is 0 Å². The van der Waals surface area contributed by atoms with Crippen LogP contribution in [-0.2, 0) is 28.6 Å². The summed E-state index contributed by atoms with van der Waals surface area (Å²) in [6.07, 6.45) is 86.1. The second-order valence-corrected chi connectivity index (χ2v) is 22.0. The first-order chi connectivity index (χ1) is 38.0. The van der Waals surface area contributed by atoms with Crippen LogP contribution in [0.4, 0.5) is 0 Å². The monoisotopic (exact) mass is 1070 g/mol. The Morgan fingerprint density at radius 2 is 0.506 bits per heavy atom. The summed E-state index contributed by atoms with van der Waals surface area (Å²) in [5.74, 6) is -0.880. The fourth-order valence-electron chi connectivity index (χ4n) is 9.44. The van der Waals surface area contributed by atoms with Gasteiger partial charge in [-0.15, -0.1) is 0 Å². The molecule has 6 nitrogen and oxygen atoms in total. The molecule has 0 spiro atoms. The Labute approximate surface area is 477 Å². The summed E-state index contributed by atoms with van der Waals surface area (Å²) in [7, 11) is 0. The second-order valence-electron chi connectivity index (χ2n) is 22.0. The largest absolute Gasteiger partial charge is 0.462 e. The summed E-state index contributed by atoms with van der Waals surface area (Å²) in [5.41, 5.74) is 0. The topological polar surface area (TPSA) is 78.9 Å². The van der Waals surface area contributed by atoms with E-state index in [2.05, 4.69) is 106 Å². The zero-order valence-corrected chi connectivity index (χ0v) is 51.0. The Kier molecular flexibility index (Phi) is 62.2. The Balaban J connectivity index is 4.17. The molecule has 0 saturated heterocycles. The van der Waals surface area contributed by atoms with Crippen LogP contribution in [0.15, 0.2) is 85.1 Å². The summed E-state index contributed by atoms with van der Waals surface area (Å²) < 4.78 is 16.9. The van der Waals surface area contributed by atoms with Gasteiger partial charge < -0.3 is 14.2 Å². The first kappa shape index (κ1) is 73.6. The van der Waals surface area contributed by atoms with Gasteiger partial charge in [0.05, 0.1) is 0 Å². The SMILES string of the molecule is CC/C=C\C/C=C\C/C=C\C/C=C\CCCCCCCCCCCCCCCCCCC(=O)OCC(COC(=O)CCCCCCCCCCC)OC(=O)CCCCCCCC/C=C\C/C=C\C/C=C\CCCCCCC. The highest BCUT2D eigenvalue weighted by Gasteiger charge is 2.19. The van der Waals surface area contributed by atoms with Crippen molar-refractivity contribution < 1.29 is 28.6 Å². The first-order valence-corrected chi connectivity index (χ1v) is 33.1. The van der Waals surface area contributed by atoms with Crippen molar-refractivity contribution in [1.29, 1.82) is 0 Å². The van der Waals surface area contributed by atoms with E-state index in [1.54, 1.807) is 0 Å². The van der Waals surface area contributed by atoms with E-state index in [0.717, 1.165) is 109 Å². The van der Waals surface area contributed by atoms with E-state index in [-0.39, 0.29) is 31.1 Å². The molecule has 0 rings (SSSR count). The van der Waals surface area contributed by atoms with Crippen LogP contribution < -0.4 is 0 Å². The van der Waals surface area contributed by atoms with Crippen molar-refractivity contribution in [3.8, 4) is 0 Å². The maximum absolute atomic E-state index is 12.9. The maximum atomic E-state index is 12.9. The molecule has 0 saturated carbocycles. The summed E-state index contributed by atoms with van der Waals surface area (Å²) in [6.45, 7) is 6.52. The van der Waals surface area contributed by atoms with Crippen LogP contribution in [0.25, 0.3) is 0 Å². The molecule has 1 atom stereocenters. The number of esters is 3. The normalized spacial score (nSPS) is 12.6. The van der Waals surface area contributed by atoms with Gasteiger partial charge in [-0.2, -0.15) is 0 Å². The molecule has 0 aromatic rings. The van der Waals surface area contributed by atoms with Gasteiger partial charge in [0.1, 0.15) is 13.2 Å². The highest BCUT2D eigenvalue weighted by Crippen LogP contribution is 2.17. The Morgan fingerprint density at radius 3 is 0.792 bits per heavy atom. The first-order valence-electron chi connectivity index (χ1n) is 33.1. The van der Waals surface area contributed by atoms with E-state index in [9.17, 15) is 14.4 Å². The Hall–Kier alpha value is -3.41. The molecule has 1 unspecified atom stereocenters. The molecule has 0 aliphatic carbocycles. The van der Waals surface area contributed by atoms with Gasteiger partial charge in [-0.3, -0.25) is 14.4 Å². The third-order valence-corrected chi connectivity index (χ3v) is 14.4. The van der Waals surface area contributed by atoms with Crippen molar-refractivity contribution in [2.24, 2.45) is 0 Å². The van der Waals surface area contributed by atoms with E-state index in [4.69, 9.17) is 14.2 Å². The van der Waals surface area contributed by atoms with Crippen molar-refractivity contribution in [2.75, 3.05) is 13.2 Å². The van der Waals surface area contributed by atoms with Gasteiger partial charge in [0.15, 0.2) is 6.10 Å². The van der Waals surface area contributed by atoms with Crippen molar-refractivity contribution in [3.05, 3.63) is 85.1 Å². The van der Waals surface area contributed by atoms with Crippen LogP contribution in [-0.4, -0.2) is 37.2 Å². The molecule has 0 radical (unpaired) electrons. The highest BCUT2D eigenvalue weighted by atomic mass is 16.6. The van der Waals surface area contributed by atoms with Gasteiger partial charge >= 0.3 is 17.9 Å². The van der Waals surface area contributed by atoms with Gasteiger partial charge in [-0.05, 0) is 96.3 Å². The fraction of sp³-hybridized carbons (Fsp3) is 0.761. The summed E-state index contributed by atoms with van der Waals surface area (Å²) in [5, 5.41) is 0. The number of rotatable bonds is 60. The molecule has 0 fully saturated rings. The average molecular weight is 1070 g/mol. The molecule has 6 heteroatoms. The number of unbranched alkanes of at least 4 members (excludes halogenated alkanes) is 35. The van der Waals surface area contributed by atoms with Crippen molar-refractivity contribution in [3.63, 3.8) is 0 Å². The molecule has 77 heavy (non-hydrogen) atoms.